The summed E-state index contributed by atoms with van der Waals surface area (Å²) >= 11 is 0. The van der Waals surface area contributed by atoms with E-state index in [1.807, 2.05) is 18.2 Å². The maximum absolute atomic E-state index is 12.9. The van der Waals surface area contributed by atoms with Crippen molar-refractivity contribution in [3.05, 3.63) is 41.6 Å². The molecule has 1 aromatic rings. The van der Waals surface area contributed by atoms with Crippen molar-refractivity contribution in [1.82, 2.24) is 15.5 Å². The largest absolute Gasteiger partial charge is 0.489 e. The van der Waals surface area contributed by atoms with Gasteiger partial charge in [0, 0.05) is 23.8 Å². The van der Waals surface area contributed by atoms with Crippen molar-refractivity contribution in [2.24, 2.45) is 5.92 Å². The minimum atomic E-state index is -0.428. The standard InChI is InChI=1S/C24H33N3O3/c1-15(2)13-25-20-6-4-5-7-22(20)30-18-9-10-19-17(12-18)14-27(24(19)29)21-11-8-16(3)26-23(21)28/h9-10,12,15,20-22,25H,3-8,11,13-14H2,1-2H3,(H,26,28)/t20-,21?,22-/m1/s1. The first-order valence-corrected chi connectivity index (χ1v) is 11.2. The van der Waals surface area contributed by atoms with E-state index >= 15 is 0 Å². The predicted octanol–water partition coefficient (Wildman–Crippen LogP) is 3.37. The van der Waals surface area contributed by atoms with E-state index in [0.717, 1.165) is 36.4 Å². The lowest BCUT2D eigenvalue weighted by atomic mass is 9.92. The van der Waals surface area contributed by atoms with Crippen LogP contribution in [0.3, 0.4) is 0 Å². The minimum Gasteiger partial charge on any atom is -0.489 e. The number of piperidine rings is 1. The molecular weight excluding hydrogens is 378 g/mol. The lowest BCUT2D eigenvalue weighted by Gasteiger charge is -2.33. The molecule has 1 aromatic carbocycles. The molecule has 30 heavy (non-hydrogen) atoms. The maximum atomic E-state index is 12.9. The number of allylic oxidation sites excluding steroid dienone is 1. The molecule has 2 heterocycles. The maximum Gasteiger partial charge on any atom is 0.255 e. The van der Waals surface area contributed by atoms with Crippen LogP contribution < -0.4 is 15.4 Å². The van der Waals surface area contributed by atoms with Crippen LogP contribution in [0.1, 0.15) is 68.3 Å². The van der Waals surface area contributed by atoms with Gasteiger partial charge in [-0.3, -0.25) is 9.59 Å². The molecule has 6 heteroatoms. The number of fused-ring (bicyclic) bond motifs is 1. The molecule has 2 N–H and O–H groups in total. The summed E-state index contributed by atoms with van der Waals surface area (Å²) in [7, 11) is 0. The Morgan fingerprint density at radius 3 is 2.80 bits per heavy atom. The van der Waals surface area contributed by atoms with Crippen molar-refractivity contribution in [3.8, 4) is 5.75 Å². The first-order valence-electron chi connectivity index (χ1n) is 11.2. The van der Waals surface area contributed by atoms with Crippen LogP contribution in [0.5, 0.6) is 5.75 Å². The highest BCUT2D eigenvalue weighted by Gasteiger charge is 2.38. The van der Waals surface area contributed by atoms with Crippen LogP contribution in [0.25, 0.3) is 0 Å². The molecule has 1 saturated carbocycles. The van der Waals surface area contributed by atoms with Gasteiger partial charge in [-0.2, -0.15) is 0 Å². The smallest absolute Gasteiger partial charge is 0.255 e. The van der Waals surface area contributed by atoms with Crippen molar-refractivity contribution in [1.29, 1.82) is 0 Å². The van der Waals surface area contributed by atoms with Crippen molar-refractivity contribution in [2.45, 2.75) is 77.1 Å². The Bertz CT molecular complexity index is 835. The Labute approximate surface area is 179 Å². The number of ether oxygens (including phenoxy) is 1. The van der Waals surface area contributed by atoms with E-state index in [0.29, 0.717) is 36.9 Å². The van der Waals surface area contributed by atoms with Gasteiger partial charge in [-0.25, -0.2) is 0 Å². The Balaban J connectivity index is 1.44. The Morgan fingerprint density at radius 2 is 2.03 bits per heavy atom. The molecule has 0 radical (unpaired) electrons. The molecule has 2 aliphatic heterocycles. The zero-order chi connectivity index (χ0) is 21.3. The van der Waals surface area contributed by atoms with Crippen LogP contribution in [0.4, 0.5) is 0 Å². The first kappa shape index (κ1) is 20.9. The molecule has 2 fully saturated rings. The number of rotatable bonds is 6. The quantitative estimate of drug-likeness (QED) is 0.753. The van der Waals surface area contributed by atoms with Gasteiger partial charge in [-0.1, -0.05) is 26.8 Å². The molecule has 6 nitrogen and oxygen atoms in total. The second-order valence-corrected chi connectivity index (χ2v) is 9.25. The monoisotopic (exact) mass is 411 g/mol. The summed E-state index contributed by atoms with van der Waals surface area (Å²) in [6, 6.07) is 5.68. The van der Waals surface area contributed by atoms with Gasteiger partial charge < -0.3 is 20.3 Å². The molecule has 0 aromatic heterocycles. The summed E-state index contributed by atoms with van der Waals surface area (Å²) in [6.45, 7) is 9.71. The Kier molecular flexibility index (Phi) is 6.14. The van der Waals surface area contributed by atoms with Gasteiger partial charge in [-0.05, 0) is 68.3 Å². The Morgan fingerprint density at radius 1 is 1.23 bits per heavy atom. The second-order valence-electron chi connectivity index (χ2n) is 9.25. The SMILES string of the molecule is C=C1CCC(N2Cc3cc(O[C@@H]4CCCC[C@H]4NCC(C)C)ccc3C2=O)C(=O)N1. The molecule has 1 saturated heterocycles. The van der Waals surface area contributed by atoms with Gasteiger partial charge in [0.05, 0.1) is 0 Å². The third-order valence-corrected chi connectivity index (χ3v) is 6.39. The summed E-state index contributed by atoms with van der Waals surface area (Å²) in [5.41, 5.74) is 2.35. The molecule has 0 bridgehead atoms. The third-order valence-electron chi connectivity index (χ3n) is 6.39. The van der Waals surface area contributed by atoms with E-state index in [1.165, 1.54) is 12.8 Å². The van der Waals surface area contributed by atoms with Crippen LogP contribution in [0.15, 0.2) is 30.5 Å². The lowest BCUT2D eigenvalue weighted by molar-refractivity contribution is -0.126. The van der Waals surface area contributed by atoms with Crippen LogP contribution in [0.2, 0.25) is 0 Å². The normalized spacial score (nSPS) is 26.7. The van der Waals surface area contributed by atoms with Gasteiger partial charge in [0.1, 0.15) is 17.9 Å². The summed E-state index contributed by atoms with van der Waals surface area (Å²) in [5, 5.41) is 6.46. The highest BCUT2D eigenvalue weighted by Crippen LogP contribution is 2.32. The van der Waals surface area contributed by atoms with E-state index in [9.17, 15) is 9.59 Å². The number of nitrogens with one attached hydrogen (secondary N) is 2. The van der Waals surface area contributed by atoms with Crippen LogP contribution in [0, 0.1) is 5.92 Å². The van der Waals surface area contributed by atoms with E-state index in [2.05, 4.69) is 31.1 Å². The summed E-state index contributed by atoms with van der Waals surface area (Å²) in [5.74, 6) is 1.22. The molecular formula is C24H33N3O3. The number of carbonyl (C=O) groups is 2. The average Bonchev–Trinajstić information content (AvgIpc) is 3.03. The van der Waals surface area contributed by atoms with Crippen LogP contribution in [-0.2, 0) is 11.3 Å². The third kappa shape index (κ3) is 4.38. The van der Waals surface area contributed by atoms with Crippen molar-refractivity contribution in [2.75, 3.05) is 6.54 Å². The van der Waals surface area contributed by atoms with Gasteiger partial charge in [0.2, 0.25) is 5.91 Å². The highest BCUT2D eigenvalue weighted by atomic mass is 16.5. The first-order chi connectivity index (χ1) is 14.4. The van der Waals surface area contributed by atoms with Crippen molar-refractivity contribution >= 4 is 11.8 Å². The second kappa shape index (κ2) is 8.80. The summed E-state index contributed by atoms with van der Waals surface area (Å²) in [4.78, 5) is 26.9. The zero-order valence-electron chi connectivity index (χ0n) is 18.1. The highest BCUT2D eigenvalue weighted by molar-refractivity contribution is 6.01. The number of carbonyl (C=O) groups excluding carboxylic acids is 2. The minimum absolute atomic E-state index is 0.0710. The van der Waals surface area contributed by atoms with E-state index in [-0.39, 0.29) is 17.9 Å². The van der Waals surface area contributed by atoms with Crippen molar-refractivity contribution in [3.63, 3.8) is 0 Å². The van der Waals surface area contributed by atoms with Gasteiger partial charge in [0.25, 0.3) is 5.91 Å². The molecule has 2 amide bonds. The summed E-state index contributed by atoms with van der Waals surface area (Å²) < 4.78 is 6.39. The fourth-order valence-electron chi connectivity index (χ4n) is 4.74. The average molecular weight is 412 g/mol. The molecule has 1 unspecified atom stereocenters. The lowest BCUT2D eigenvalue weighted by Crippen LogP contribution is -2.49. The number of hydrogen-bond acceptors (Lipinski definition) is 4. The van der Waals surface area contributed by atoms with Crippen LogP contribution in [-0.4, -0.2) is 41.4 Å². The van der Waals surface area contributed by atoms with E-state index in [1.54, 1.807) is 4.90 Å². The molecule has 0 spiro atoms. The topological polar surface area (TPSA) is 70.7 Å². The number of nitrogens with zero attached hydrogens (tertiary/aromatic N) is 1. The molecule has 162 valence electrons. The van der Waals surface area contributed by atoms with E-state index in [4.69, 9.17) is 4.74 Å². The van der Waals surface area contributed by atoms with Gasteiger partial charge in [0.15, 0.2) is 0 Å². The van der Waals surface area contributed by atoms with Gasteiger partial charge in [-0.15, -0.1) is 0 Å². The molecule has 4 rings (SSSR count). The number of benzene rings is 1. The zero-order valence-corrected chi connectivity index (χ0v) is 18.1. The van der Waals surface area contributed by atoms with Gasteiger partial charge >= 0.3 is 0 Å². The summed E-state index contributed by atoms with van der Waals surface area (Å²) in [6.07, 6.45) is 6.08. The predicted molar refractivity (Wildman–Crippen MR) is 116 cm³/mol. The molecule has 3 aliphatic rings. The molecule has 3 atom stereocenters. The van der Waals surface area contributed by atoms with Crippen LogP contribution >= 0.6 is 0 Å². The number of amides is 2. The van der Waals surface area contributed by atoms with E-state index < -0.39 is 6.04 Å². The fourth-order valence-corrected chi connectivity index (χ4v) is 4.74. The fraction of sp³-hybridized carbons (Fsp3) is 0.583. The van der Waals surface area contributed by atoms with Crippen molar-refractivity contribution < 1.29 is 14.3 Å². The number of hydrogen-bond donors (Lipinski definition) is 2. The molecule has 1 aliphatic carbocycles. The Hall–Kier alpha value is -2.34.